The second-order valence-electron chi connectivity index (χ2n) is 5.65. The predicted molar refractivity (Wildman–Crippen MR) is 90.0 cm³/mol. The first kappa shape index (κ1) is 17.9. The minimum atomic E-state index is -3.58. The number of amides is 1. The number of aryl methyl sites for hydroxylation is 1. The minimum absolute atomic E-state index is 0.159. The van der Waals surface area contributed by atoms with Gasteiger partial charge in [-0.25, -0.2) is 13.1 Å². The number of hydrogen-bond acceptors (Lipinski definition) is 5. The number of piperazine rings is 1. The molecule has 23 heavy (non-hydrogen) atoms. The van der Waals surface area contributed by atoms with Gasteiger partial charge in [-0.15, -0.1) is 0 Å². The van der Waals surface area contributed by atoms with Gasteiger partial charge in [-0.05, 0) is 24.6 Å². The molecule has 2 rings (SSSR count). The normalized spacial score (nSPS) is 16.3. The molecule has 0 bridgehead atoms. The third kappa shape index (κ3) is 5.28. The van der Waals surface area contributed by atoms with E-state index in [0.29, 0.717) is 18.8 Å². The number of carbonyl (C=O) groups is 1. The molecule has 1 heterocycles. The molecular formula is C15H24N4O3S. The Labute approximate surface area is 137 Å². The van der Waals surface area contributed by atoms with Crippen molar-refractivity contribution in [3.63, 3.8) is 0 Å². The summed E-state index contributed by atoms with van der Waals surface area (Å²) in [5, 5.41) is 5.91. The van der Waals surface area contributed by atoms with E-state index in [4.69, 9.17) is 0 Å². The summed E-state index contributed by atoms with van der Waals surface area (Å²) in [5.74, 6) is -0.227. The molecule has 0 spiro atoms. The number of nitrogens with one attached hydrogen (secondary N) is 3. The van der Waals surface area contributed by atoms with Gasteiger partial charge < -0.3 is 10.6 Å². The van der Waals surface area contributed by atoms with Crippen molar-refractivity contribution in [3.05, 3.63) is 23.8 Å². The van der Waals surface area contributed by atoms with E-state index in [-0.39, 0.29) is 10.8 Å². The molecule has 8 heteroatoms. The van der Waals surface area contributed by atoms with E-state index in [1.54, 1.807) is 12.1 Å². The molecule has 0 unspecified atom stereocenters. The van der Waals surface area contributed by atoms with Gasteiger partial charge in [0.15, 0.2) is 0 Å². The van der Waals surface area contributed by atoms with E-state index in [1.165, 1.54) is 13.0 Å². The molecule has 3 N–H and O–H groups in total. The van der Waals surface area contributed by atoms with Crippen LogP contribution in [0.4, 0.5) is 5.69 Å². The third-order valence-electron chi connectivity index (χ3n) is 3.76. The Hall–Kier alpha value is -1.48. The van der Waals surface area contributed by atoms with E-state index >= 15 is 0 Å². The lowest BCUT2D eigenvalue weighted by Crippen LogP contribution is -2.46. The zero-order valence-corrected chi connectivity index (χ0v) is 14.4. The van der Waals surface area contributed by atoms with Crippen molar-refractivity contribution in [1.82, 2.24) is 14.9 Å². The Bertz CT molecular complexity index is 655. The molecule has 128 valence electrons. The van der Waals surface area contributed by atoms with Crippen LogP contribution in [0.3, 0.4) is 0 Å². The largest absolute Gasteiger partial charge is 0.326 e. The summed E-state index contributed by atoms with van der Waals surface area (Å²) < 4.78 is 27.4. The monoisotopic (exact) mass is 340 g/mol. The van der Waals surface area contributed by atoms with Gasteiger partial charge in [0.05, 0.1) is 4.90 Å². The maximum atomic E-state index is 12.4. The molecule has 0 aromatic heterocycles. The fourth-order valence-electron chi connectivity index (χ4n) is 2.45. The smallest absolute Gasteiger partial charge is 0.240 e. The molecule has 0 saturated carbocycles. The standard InChI is InChI=1S/C15H24N4O3S/c1-12-3-4-14(11-15(12)18-13(2)20)23(21,22)17-7-10-19-8-5-16-6-9-19/h3-4,11,16-17H,5-10H2,1-2H3,(H,18,20). The van der Waals surface area contributed by atoms with Crippen LogP contribution in [0.15, 0.2) is 23.1 Å². The van der Waals surface area contributed by atoms with E-state index < -0.39 is 10.0 Å². The van der Waals surface area contributed by atoms with Gasteiger partial charge in [0.2, 0.25) is 15.9 Å². The lowest BCUT2D eigenvalue weighted by molar-refractivity contribution is -0.114. The van der Waals surface area contributed by atoms with E-state index in [1.807, 2.05) is 6.92 Å². The average Bonchev–Trinajstić information content (AvgIpc) is 2.50. The van der Waals surface area contributed by atoms with Crippen molar-refractivity contribution in [2.45, 2.75) is 18.7 Å². The Kier molecular flexibility index (Phi) is 6.11. The molecule has 1 aromatic carbocycles. The number of rotatable bonds is 6. The number of sulfonamides is 1. The first-order valence-corrected chi connectivity index (χ1v) is 9.18. The second kappa shape index (κ2) is 7.87. The van der Waals surface area contributed by atoms with Crippen LogP contribution < -0.4 is 15.4 Å². The maximum Gasteiger partial charge on any atom is 0.240 e. The first-order valence-electron chi connectivity index (χ1n) is 7.69. The zero-order chi connectivity index (χ0) is 16.9. The van der Waals surface area contributed by atoms with Crippen LogP contribution in [0.25, 0.3) is 0 Å². The minimum Gasteiger partial charge on any atom is -0.326 e. The fourth-order valence-corrected chi connectivity index (χ4v) is 3.50. The fraction of sp³-hybridized carbons (Fsp3) is 0.533. The highest BCUT2D eigenvalue weighted by Crippen LogP contribution is 2.20. The SMILES string of the molecule is CC(=O)Nc1cc(S(=O)(=O)NCCN2CCNCC2)ccc1C. The van der Waals surface area contributed by atoms with Crippen molar-refractivity contribution in [2.75, 3.05) is 44.6 Å². The number of anilines is 1. The van der Waals surface area contributed by atoms with Gasteiger partial charge >= 0.3 is 0 Å². The Balaban J connectivity index is 1.99. The summed E-state index contributed by atoms with van der Waals surface area (Å²) >= 11 is 0. The van der Waals surface area contributed by atoms with Crippen molar-refractivity contribution < 1.29 is 13.2 Å². The molecule has 1 aliphatic heterocycles. The quantitative estimate of drug-likeness (QED) is 0.685. The topological polar surface area (TPSA) is 90.5 Å². The Morgan fingerprint density at radius 3 is 2.65 bits per heavy atom. The highest BCUT2D eigenvalue weighted by molar-refractivity contribution is 7.89. The van der Waals surface area contributed by atoms with Crippen molar-refractivity contribution in [3.8, 4) is 0 Å². The number of carbonyl (C=O) groups excluding carboxylic acids is 1. The molecule has 0 radical (unpaired) electrons. The average molecular weight is 340 g/mol. The van der Waals surface area contributed by atoms with Gasteiger partial charge in [0.1, 0.15) is 0 Å². The van der Waals surface area contributed by atoms with Crippen LogP contribution in [-0.4, -0.2) is 58.5 Å². The Morgan fingerprint density at radius 1 is 1.30 bits per heavy atom. The molecule has 7 nitrogen and oxygen atoms in total. The highest BCUT2D eigenvalue weighted by atomic mass is 32.2. The second-order valence-corrected chi connectivity index (χ2v) is 7.41. The van der Waals surface area contributed by atoms with Crippen molar-refractivity contribution >= 4 is 21.6 Å². The zero-order valence-electron chi connectivity index (χ0n) is 13.6. The van der Waals surface area contributed by atoms with Gasteiger partial charge in [0.25, 0.3) is 0 Å². The molecular weight excluding hydrogens is 316 g/mol. The lowest BCUT2D eigenvalue weighted by Gasteiger charge is -2.27. The number of benzene rings is 1. The summed E-state index contributed by atoms with van der Waals surface area (Å²) in [6.45, 7) is 8.00. The van der Waals surface area contributed by atoms with Crippen LogP contribution in [-0.2, 0) is 14.8 Å². The van der Waals surface area contributed by atoms with Crippen LogP contribution in [0.1, 0.15) is 12.5 Å². The van der Waals surface area contributed by atoms with E-state index in [0.717, 1.165) is 31.7 Å². The molecule has 1 aliphatic rings. The van der Waals surface area contributed by atoms with Crippen molar-refractivity contribution in [2.24, 2.45) is 0 Å². The van der Waals surface area contributed by atoms with E-state index in [9.17, 15) is 13.2 Å². The summed E-state index contributed by atoms with van der Waals surface area (Å²) in [7, 11) is -3.58. The Morgan fingerprint density at radius 2 is 2.00 bits per heavy atom. The van der Waals surface area contributed by atoms with Gasteiger partial charge in [-0.1, -0.05) is 6.07 Å². The third-order valence-corrected chi connectivity index (χ3v) is 5.22. The predicted octanol–water partition coefficient (Wildman–Crippen LogP) is 0.137. The summed E-state index contributed by atoms with van der Waals surface area (Å²) in [5.41, 5.74) is 1.34. The summed E-state index contributed by atoms with van der Waals surface area (Å²) in [4.78, 5) is 13.6. The first-order chi connectivity index (χ1) is 10.9. The molecule has 0 aliphatic carbocycles. The molecule has 0 atom stereocenters. The lowest BCUT2D eigenvalue weighted by atomic mass is 10.2. The molecule has 1 fully saturated rings. The van der Waals surface area contributed by atoms with E-state index in [2.05, 4.69) is 20.3 Å². The molecule has 1 saturated heterocycles. The van der Waals surface area contributed by atoms with Crippen LogP contribution in [0, 0.1) is 6.92 Å². The van der Waals surface area contributed by atoms with Crippen molar-refractivity contribution in [1.29, 1.82) is 0 Å². The van der Waals surface area contributed by atoms with Crippen LogP contribution in [0.2, 0.25) is 0 Å². The molecule has 1 amide bonds. The van der Waals surface area contributed by atoms with Crippen LogP contribution >= 0.6 is 0 Å². The summed E-state index contributed by atoms with van der Waals surface area (Å²) in [6.07, 6.45) is 0. The summed E-state index contributed by atoms with van der Waals surface area (Å²) in [6, 6.07) is 4.73. The van der Waals surface area contributed by atoms with Gasteiger partial charge in [-0.3, -0.25) is 9.69 Å². The molecule has 1 aromatic rings. The van der Waals surface area contributed by atoms with Crippen LogP contribution in [0.5, 0.6) is 0 Å². The van der Waals surface area contributed by atoms with Gasteiger partial charge in [0, 0.05) is 51.9 Å². The maximum absolute atomic E-state index is 12.4. The van der Waals surface area contributed by atoms with Gasteiger partial charge in [-0.2, -0.15) is 0 Å². The number of hydrogen-bond donors (Lipinski definition) is 3. The highest BCUT2D eigenvalue weighted by Gasteiger charge is 2.16. The number of nitrogens with zero attached hydrogens (tertiary/aromatic N) is 1.